The molecule has 2 N–H and O–H groups in total. The number of rotatable bonds is 4. The van der Waals surface area contributed by atoms with Gasteiger partial charge >= 0.3 is 5.97 Å². The lowest BCUT2D eigenvalue weighted by Gasteiger charge is -2.15. The number of aromatic carboxylic acids is 1. The largest absolute Gasteiger partial charge is 0.478 e. The molecule has 2 aliphatic carbocycles. The van der Waals surface area contributed by atoms with E-state index in [9.17, 15) is 14.7 Å². The van der Waals surface area contributed by atoms with Crippen LogP contribution in [0.3, 0.4) is 0 Å². The van der Waals surface area contributed by atoms with Crippen molar-refractivity contribution in [1.82, 2.24) is 5.32 Å². The fourth-order valence-electron chi connectivity index (χ4n) is 3.09. The van der Waals surface area contributed by atoms with Crippen molar-refractivity contribution in [3.63, 3.8) is 0 Å². The summed E-state index contributed by atoms with van der Waals surface area (Å²) in [6, 6.07) is 5.27. The Balaban J connectivity index is 1.89. The predicted octanol–water partition coefficient (Wildman–Crippen LogP) is 2.93. The number of hydrogen-bond donors (Lipinski definition) is 2. The SMILES string of the molecule is O=C(O)c1cccc(C(=O)NC2CCCC2)c1C1CC1. The van der Waals surface area contributed by atoms with E-state index in [1.54, 1.807) is 18.2 Å². The minimum atomic E-state index is -0.942. The lowest BCUT2D eigenvalue weighted by molar-refractivity contribution is 0.0695. The normalized spacial score (nSPS) is 19.0. The Morgan fingerprint density at radius 1 is 1.05 bits per heavy atom. The lowest BCUT2D eigenvalue weighted by atomic mass is 9.96. The Bertz CT molecular complexity index is 543. The van der Waals surface area contributed by atoms with Gasteiger partial charge in [0.25, 0.3) is 5.91 Å². The second-order valence-electron chi connectivity index (χ2n) is 5.80. The summed E-state index contributed by atoms with van der Waals surface area (Å²) < 4.78 is 0. The van der Waals surface area contributed by atoms with Crippen LogP contribution in [0.2, 0.25) is 0 Å². The standard InChI is InChI=1S/C16H19NO3/c18-15(17-11-4-1-2-5-11)12-6-3-7-13(16(19)20)14(12)10-8-9-10/h3,6-7,10-11H,1-2,4-5,8-9H2,(H,17,18)(H,19,20). The highest BCUT2D eigenvalue weighted by molar-refractivity contribution is 6.00. The molecule has 0 bridgehead atoms. The third-order valence-electron chi connectivity index (χ3n) is 4.26. The van der Waals surface area contributed by atoms with Crippen LogP contribution in [0.25, 0.3) is 0 Å². The molecular formula is C16H19NO3. The number of carbonyl (C=O) groups excluding carboxylic acids is 1. The summed E-state index contributed by atoms with van der Waals surface area (Å²) in [7, 11) is 0. The summed E-state index contributed by atoms with van der Waals surface area (Å²) in [6.07, 6.45) is 6.35. The average Bonchev–Trinajstić information content (AvgIpc) is 3.16. The molecule has 4 nitrogen and oxygen atoms in total. The van der Waals surface area contributed by atoms with Crippen molar-refractivity contribution >= 4 is 11.9 Å². The number of carboxylic acids is 1. The van der Waals surface area contributed by atoms with Crippen molar-refractivity contribution in [2.75, 3.05) is 0 Å². The van der Waals surface area contributed by atoms with Gasteiger partial charge in [0, 0.05) is 11.6 Å². The third-order valence-corrected chi connectivity index (χ3v) is 4.26. The quantitative estimate of drug-likeness (QED) is 0.886. The number of nitrogens with one attached hydrogen (secondary N) is 1. The predicted molar refractivity (Wildman–Crippen MR) is 75.1 cm³/mol. The first-order valence-corrected chi connectivity index (χ1v) is 7.34. The van der Waals surface area contributed by atoms with Crippen LogP contribution >= 0.6 is 0 Å². The van der Waals surface area contributed by atoms with Gasteiger partial charge in [0.1, 0.15) is 0 Å². The molecule has 0 unspecified atom stereocenters. The first kappa shape index (κ1) is 13.2. The van der Waals surface area contributed by atoms with Crippen molar-refractivity contribution in [2.45, 2.75) is 50.5 Å². The molecule has 0 heterocycles. The second-order valence-corrected chi connectivity index (χ2v) is 5.80. The number of carbonyl (C=O) groups is 2. The molecule has 3 rings (SSSR count). The van der Waals surface area contributed by atoms with Gasteiger partial charge in [-0.3, -0.25) is 4.79 Å². The molecule has 2 fully saturated rings. The summed E-state index contributed by atoms with van der Waals surface area (Å²) >= 11 is 0. The molecule has 0 aromatic heterocycles. The van der Waals surface area contributed by atoms with E-state index in [0.717, 1.165) is 44.1 Å². The zero-order valence-corrected chi connectivity index (χ0v) is 11.4. The maximum atomic E-state index is 12.4. The number of benzene rings is 1. The summed E-state index contributed by atoms with van der Waals surface area (Å²) in [4.78, 5) is 23.8. The van der Waals surface area contributed by atoms with Crippen molar-refractivity contribution in [1.29, 1.82) is 0 Å². The second kappa shape index (κ2) is 5.27. The van der Waals surface area contributed by atoms with E-state index < -0.39 is 5.97 Å². The van der Waals surface area contributed by atoms with Crippen molar-refractivity contribution in [2.24, 2.45) is 0 Å². The monoisotopic (exact) mass is 273 g/mol. The Labute approximate surface area is 118 Å². The summed E-state index contributed by atoms with van der Waals surface area (Å²) in [5, 5.41) is 12.4. The van der Waals surface area contributed by atoms with Gasteiger partial charge in [-0.1, -0.05) is 18.9 Å². The van der Waals surface area contributed by atoms with E-state index in [0.29, 0.717) is 5.56 Å². The molecule has 0 spiro atoms. The molecular weight excluding hydrogens is 254 g/mol. The van der Waals surface area contributed by atoms with E-state index in [1.165, 1.54) is 0 Å². The van der Waals surface area contributed by atoms with E-state index in [-0.39, 0.29) is 23.4 Å². The minimum absolute atomic E-state index is 0.109. The Morgan fingerprint density at radius 3 is 2.30 bits per heavy atom. The van der Waals surface area contributed by atoms with Crippen LogP contribution in [0.5, 0.6) is 0 Å². The van der Waals surface area contributed by atoms with Crippen LogP contribution in [0.15, 0.2) is 18.2 Å². The number of carboxylic acid groups (broad SMARTS) is 1. The molecule has 106 valence electrons. The van der Waals surface area contributed by atoms with Crippen LogP contribution in [0.1, 0.15) is 70.7 Å². The Kier molecular flexibility index (Phi) is 3.47. The molecule has 20 heavy (non-hydrogen) atoms. The fraction of sp³-hybridized carbons (Fsp3) is 0.500. The van der Waals surface area contributed by atoms with Crippen LogP contribution in [0, 0.1) is 0 Å². The molecule has 0 radical (unpaired) electrons. The van der Waals surface area contributed by atoms with Gasteiger partial charge < -0.3 is 10.4 Å². The highest BCUT2D eigenvalue weighted by Crippen LogP contribution is 2.43. The van der Waals surface area contributed by atoms with E-state index in [2.05, 4.69) is 5.32 Å². The zero-order valence-electron chi connectivity index (χ0n) is 11.4. The van der Waals surface area contributed by atoms with E-state index in [4.69, 9.17) is 0 Å². The maximum Gasteiger partial charge on any atom is 0.335 e. The van der Waals surface area contributed by atoms with Gasteiger partial charge in [-0.05, 0) is 49.3 Å². The lowest BCUT2D eigenvalue weighted by Crippen LogP contribution is -2.33. The first-order chi connectivity index (χ1) is 9.66. The molecule has 0 atom stereocenters. The molecule has 1 aromatic carbocycles. The van der Waals surface area contributed by atoms with Crippen LogP contribution in [-0.4, -0.2) is 23.0 Å². The van der Waals surface area contributed by atoms with Crippen molar-refractivity contribution in [3.05, 3.63) is 34.9 Å². The van der Waals surface area contributed by atoms with E-state index in [1.807, 2.05) is 0 Å². The van der Waals surface area contributed by atoms with Crippen molar-refractivity contribution < 1.29 is 14.7 Å². The molecule has 0 aliphatic heterocycles. The zero-order chi connectivity index (χ0) is 14.1. The molecule has 4 heteroatoms. The third kappa shape index (κ3) is 2.55. The summed E-state index contributed by atoms with van der Waals surface area (Å²) in [5.41, 5.74) is 1.57. The van der Waals surface area contributed by atoms with Gasteiger partial charge in [-0.2, -0.15) is 0 Å². The van der Waals surface area contributed by atoms with Crippen LogP contribution in [-0.2, 0) is 0 Å². The van der Waals surface area contributed by atoms with Gasteiger partial charge in [-0.15, -0.1) is 0 Å². The average molecular weight is 273 g/mol. The summed E-state index contributed by atoms with van der Waals surface area (Å²) in [6.45, 7) is 0. The Morgan fingerprint density at radius 2 is 1.70 bits per heavy atom. The molecule has 1 aromatic rings. The molecule has 0 saturated heterocycles. The first-order valence-electron chi connectivity index (χ1n) is 7.34. The van der Waals surface area contributed by atoms with Crippen LogP contribution in [0.4, 0.5) is 0 Å². The molecule has 2 aliphatic rings. The van der Waals surface area contributed by atoms with Gasteiger partial charge in [0.2, 0.25) is 0 Å². The van der Waals surface area contributed by atoms with Gasteiger partial charge in [-0.25, -0.2) is 4.79 Å². The summed E-state index contributed by atoms with van der Waals surface area (Å²) in [5.74, 6) is -0.809. The van der Waals surface area contributed by atoms with Gasteiger partial charge in [0.05, 0.1) is 5.56 Å². The molecule has 2 saturated carbocycles. The highest BCUT2D eigenvalue weighted by atomic mass is 16.4. The number of amides is 1. The number of hydrogen-bond acceptors (Lipinski definition) is 2. The van der Waals surface area contributed by atoms with Gasteiger partial charge in [0.15, 0.2) is 0 Å². The van der Waals surface area contributed by atoms with E-state index >= 15 is 0 Å². The van der Waals surface area contributed by atoms with Crippen molar-refractivity contribution in [3.8, 4) is 0 Å². The topological polar surface area (TPSA) is 66.4 Å². The maximum absolute atomic E-state index is 12.4. The Hall–Kier alpha value is -1.84. The molecule has 1 amide bonds. The fourth-order valence-corrected chi connectivity index (χ4v) is 3.09. The highest BCUT2D eigenvalue weighted by Gasteiger charge is 2.32. The minimum Gasteiger partial charge on any atom is -0.478 e. The smallest absolute Gasteiger partial charge is 0.335 e. The van der Waals surface area contributed by atoms with Crippen LogP contribution < -0.4 is 5.32 Å².